The third-order valence-corrected chi connectivity index (χ3v) is 3.87. The number of nitrogens with two attached hydrogens (primary N) is 1. The van der Waals surface area contributed by atoms with Gasteiger partial charge in [-0.15, -0.1) is 0 Å². The van der Waals surface area contributed by atoms with Gasteiger partial charge in [-0.1, -0.05) is 12.8 Å². The second-order valence-electron chi connectivity index (χ2n) is 5.38. The first-order valence-electron chi connectivity index (χ1n) is 7.46. The maximum atomic E-state index is 12.6. The van der Waals surface area contributed by atoms with Crippen molar-refractivity contribution in [2.75, 3.05) is 18.9 Å². The van der Waals surface area contributed by atoms with Crippen molar-refractivity contribution in [3.8, 4) is 5.75 Å². The highest BCUT2D eigenvalue weighted by Crippen LogP contribution is 2.25. The minimum Gasteiger partial charge on any atom is -0.492 e. The predicted molar refractivity (Wildman–Crippen MR) is 81.0 cm³/mol. The molecule has 1 heterocycles. The van der Waals surface area contributed by atoms with Gasteiger partial charge in [-0.3, -0.25) is 4.79 Å². The molecule has 2 rings (SSSR count). The van der Waals surface area contributed by atoms with E-state index in [2.05, 4.69) is 6.92 Å². The molecular weight excluding hydrogens is 252 g/mol. The van der Waals surface area contributed by atoms with Crippen molar-refractivity contribution in [1.82, 2.24) is 4.90 Å². The van der Waals surface area contributed by atoms with Crippen LogP contribution in [0.15, 0.2) is 18.2 Å². The van der Waals surface area contributed by atoms with Gasteiger partial charge in [0.05, 0.1) is 12.3 Å². The Morgan fingerprint density at radius 1 is 1.40 bits per heavy atom. The average Bonchev–Trinajstić information content (AvgIpc) is 2.65. The second-order valence-corrected chi connectivity index (χ2v) is 5.38. The van der Waals surface area contributed by atoms with E-state index in [0.29, 0.717) is 29.6 Å². The van der Waals surface area contributed by atoms with Crippen molar-refractivity contribution < 1.29 is 9.53 Å². The zero-order valence-electron chi connectivity index (χ0n) is 12.4. The SMILES string of the molecule is CCOc1ccc(C(=O)N2CCCCCC2C)cc1N. The standard InChI is InChI=1S/C16H24N2O2/c1-3-20-15-9-8-13(11-14(15)17)16(19)18-10-6-4-5-7-12(18)2/h8-9,11-12H,3-7,10,17H2,1-2H3. The molecule has 1 atom stereocenters. The summed E-state index contributed by atoms with van der Waals surface area (Å²) < 4.78 is 5.41. The molecular formula is C16H24N2O2. The van der Waals surface area contributed by atoms with Crippen molar-refractivity contribution in [3.63, 3.8) is 0 Å². The normalized spacial score (nSPS) is 19.5. The van der Waals surface area contributed by atoms with Crippen LogP contribution in [0.4, 0.5) is 5.69 Å². The summed E-state index contributed by atoms with van der Waals surface area (Å²) in [4.78, 5) is 14.6. The Bertz CT molecular complexity index is 474. The van der Waals surface area contributed by atoms with Crippen LogP contribution in [0.1, 0.15) is 49.9 Å². The van der Waals surface area contributed by atoms with Crippen LogP contribution in [-0.4, -0.2) is 30.0 Å². The average molecular weight is 276 g/mol. The van der Waals surface area contributed by atoms with Gasteiger partial charge in [-0.25, -0.2) is 0 Å². The van der Waals surface area contributed by atoms with E-state index in [9.17, 15) is 4.79 Å². The van der Waals surface area contributed by atoms with E-state index in [0.717, 1.165) is 19.4 Å². The number of hydrogen-bond acceptors (Lipinski definition) is 3. The molecule has 0 aliphatic carbocycles. The molecule has 2 N–H and O–H groups in total. The quantitative estimate of drug-likeness (QED) is 0.863. The first-order valence-corrected chi connectivity index (χ1v) is 7.46. The van der Waals surface area contributed by atoms with Gasteiger partial charge in [0.25, 0.3) is 5.91 Å². The number of ether oxygens (including phenoxy) is 1. The third kappa shape index (κ3) is 3.24. The smallest absolute Gasteiger partial charge is 0.254 e. The van der Waals surface area contributed by atoms with Crippen molar-refractivity contribution in [3.05, 3.63) is 23.8 Å². The van der Waals surface area contributed by atoms with Gasteiger partial charge in [0.2, 0.25) is 0 Å². The molecule has 1 aromatic carbocycles. The first-order chi connectivity index (χ1) is 9.63. The molecule has 0 saturated carbocycles. The number of benzene rings is 1. The van der Waals surface area contributed by atoms with Gasteiger partial charge in [0.1, 0.15) is 5.75 Å². The Morgan fingerprint density at radius 2 is 2.20 bits per heavy atom. The van der Waals surface area contributed by atoms with Crippen LogP contribution in [0.25, 0.3) is 0 Å². The molecule has 0 bridgehead atoms. The van der Waals surface area contributed by atoms with Crippen molar-refractivity contribution >= 4 is 11.6 Å². The molecule has 1 saturated heterocycles. The van der Waals surface area contributed by atoms with E-state index in [1.165, 1.54) is 12.8 Å². The minimum atomic E-state index is 0.0779. The number of nitrogens with zero attached hydrogens (tertiary/aromatic N) is 1. The van der Waals surface area contributed by atoms with Gasteiger partial charge in [-0.2, -0.15) is 0 Å². The highest BCUT2D eigenvalue weighted by atomic mass is 16.5. The molecule has 1 amide bonds. The van der Waals surface area contributed by atoms with Crippen molar-refractivity contribution in [2.45, 2.75) is 45.6 Å². The maximum Gasteiger partial charge on any atom is 0.254 e. The van der Waals surface area contributed by atoms with E-state index in [1.807, 2.05) is 11.8 Å². The monoisotopic (exact) mass is 276 g/mol. The fourth-order valence-corrected chi connectivity index (χ4v) is 2.71. The van der Waals surface area contributed by atoms with E-state index >= 15 is 0 Å². The predicted octanol–water partition coefficient (Wildman–Crippen LogP) is 3.07. The molecule has 0 radical (unpaired) electrons. The molecule has 0 aromatic heterocycles. The second kappa shape index (κ2) is 6.64. The zero-order chi connectivity index (χ0) is 14.5. The summed E-state index contributed by atoms with van der Waals surface area (Å²) in [7, 11) is 0. The molecule has 0 spiro atoms. The van der Waals surface area contributed by atoms with Crippen LogP contribution in [0.3, 0.4) is 0 Å². The largest absolute Gasteiger partial charge is 0.492 e. The fourth-order valence-electron chi connectivity index (χ4n) is 2.71. The van der Waals surface area contributed by atoms with Crippen LogP contribution in [-0.2, 0) is 0 Å². The van der Waals surface area contributed by atoms with Crippen molar-refractivity contribution in [1.29, 1.82) is 0 Å². The minimum absolute atomic E-state index is 0.0779. The number of carbonyl (C=O) groups excluding carboxylic acids is 1. The molecule has 1 unspecified atom stereocenters. The van der Waals surface area contributed by atoms with Crippen LogP contribution < -0.4 is 10.5 Å². The molecule has 1 fully saturated rings. The number of nitrogen functional groups attached to an aromatic ring is 1. The number of anilines is 1. The zero-order valence-corrected chi connectivity index (χ0v) is 12.4. The number of carbonyl (C=O) groups is 1. The molecule has 1 aliphatic heterocycles. The summed E-state index contributed by atoms with van der Waals surface area (Å²) in [6, 6.07) is 5.62. The Balaban J connectivity index is 2.17. The summed E-state index contributed by atoms with van der Waals surface area (Å²) in [6.07, 6.45) is 4.58. The molecule has 20 heavy (non-hydrogen) atoms. The molecule has 4 heteroatoms. The lowest BCUT2D eigenvalue weighted by molar-refractivity contribution is 0.0698. The van der Waals surface area contributed by atoms with Gasteiger partial charge < -0.3 is 15.4 Å². The Morgan fingerprint density at radius 3 is 2.90 bits per heavy atom. The number of likely N-dealkylation sites (tertiary alicyclic amines) is 1. The summed E-state index contributed by atoms with van der Waals surface area (Å²) in [5, 5.41) is 0. The lowest BCUT2D eigenvalue weighted by Crippen LogP contribution is -2.38. The maximum absolute atomic E-state index is 12.6. The topological polar surface area (TPSA) is 55.6 Å². The van der Waals surface area contributed by atoms with Crippen LogP contribution in [0.2, 0.25) is 0 Å². The van der Waals surface area contributed by atoms with E-state index in [1.54, 1.807) is 18.2 Å². The van der Waals surface area contributed by atoms with E-state index in [-0.39, 0.29) is 5.91 Å². The molecule has 110 valence electrons. The summed E-state index contributed by atoms with van der Waals surface area (Å²) in [5.74, 6) is 0.724. The third-order valence-electron chi connectivity index (χ3n) is 3.87. The van der Waals surface area contributed by atoms with Crippen LogP contribution in [0.5, 0.6) is 5.75 Å². The Labute approximate surface area is 120 Å². The first kappa shape index (κ1) is 14.7. The highest BCUT2D eigenvalue weighted by Gasteiger charge is 2.23. The van der Waals surface area contributed by atoms with Crippen LogP contribution >= 0.6 is 0 Å². The number of amides is 1. The summed E-state index contributed by atoms with van der Waals surface area (Å²) >= 11 is 0. The van der Waals surface area contributed by atoms with Gasteiger partial charge in [0, 0.05) is 18.2 Å². The summed E-state index contributed by atoms with van der Waals surface area (Å²) in [6.45, 7) is 5.45. The van der Waals surface area contributed by atoms with E-state index < -0.39 is 0 Å². The Hall–Kier alpha value is -1.71. The molecule has 1 aromatic rings. The van der Waals surface area contributed by atoms with Gasteiger partial charge >= 0.3 is 0 Å². The lowest BCUT2D eigenvalue weighted by Gasteiger charge is -2.27. The fraction of sp³-hybridized carbons (Fsp3) is 0.562. The lowest BCUT2D eigenvalue weighted by atomic mass is 10.1. The highest BCUT2D eigenvalue weighted by molar-refractivity contribution is 5.95. The van der Waals surface area contributed by atoms with Gasteiger partial charge in [-0.05, 0) is 44.9 Å². The van der Waals surface area contributed by atoms with Gasteiger partial charge in [0.15, 0.2) is 0 Å². The molecule has 4 nitrogen and oxygen atoms in total. The Kier molecular flexibility index (Phi) is 4.88. The molecule has 1 aliphatic rings. The number of hydrogen-bond donors (Lipinski definition) is 1. The van der Waals surface area contributed by atoms with Crippen molar-refractivity contribution in [2.24, 2.45) is 0 Å². The van der Waals surface area contributed by atoms with E-state index in [4.69, 9.17) is 10.5 Å². The summed E-state index contributed by atoms with van der Waals surface area (Å²) in [5.41, 5.74) is 7.12. The number of rotatable bonds is 3. The van der Waals surface area contributed by atoms with Crippen LogP contribution in [0, 0.1) is 0 Å².